The molecule has 0 bridgehead atoms. The van der Waals surface area contributed by atoms with E-state index in [0.29, 0.717) is 26.8 Å². The summed E-state index contributed by atoms with van der Waals surface area (Å²) in [6.45, 7) is 1.51. The molecule has 0 amide bonds. The lowest BCUT2D eigenvalue weighted by molar-refractivity contribution is -0.136. The second-order valence-corrected chi connectivity index (χ2v) is 6.58. The number of rotatable bonds is 6. The maximum absolute atomic E-state index is 12.3. The summed E-state index contributed by atoms with van der Waals surface area (Å²) in [5, 5.41) is 7.92. The van der Waals surface area contributed by atoms with E-state index >= 15 is 0 Å². The fourth-order valence-electron chi connectivity index (χ4n) is 2.50. The lowest BCUT2D eigenvalue weighted by Gasteiger charge is -2.10. The number of aromatic nitrogens is 4. The fourth-order valence-corrected chi connectivity index (χ4v) is 3.00. The average molecular weight is 443 g/mol. The monoisotopic (exact) mass is 442 g/mol. The van der Waals surface area contributed by atoms with Gasteiger partial charge in [0.1, 0.15) is 11.3 Å². The first-order valence-corrected chi connectivity index (χ1v) is 8.78. The number of nitrogens with zero attached hydrogens (tertiary/aromatic N) is 4. The van der Waals surface area contributed by atoms with Crippen molar-refractivity contribution in [1.29, 1.82) is 0 Å². The highest BCUT2D eigenvalue weighted by atomic mass is 79.9. The highest BCUT2D eigenvalue weighted by Gasteiger charge is 2.26. The summed E-state index contributed by atoms with van der Waals surface area (Å²) in [7, 11) is 0. The van der Waals surface area contributed by atoms with Gasteiger partial charge in [0.2, 0.25) is 5.88 Å². The standard InChI is InChI=1S/C17H14BrF3N4O2/c1-10(26)11-4-2-8-22-16(11)27-13-6-5-12-15(14(13)18)23-24-25(12)9-3-7-17(19,20)21/h2,4-6,8H,3,7,9H2,1H3. The molecule has 0 atom stereocenters. The molecule has 10 heteroatoms. The minimum absolute atomic E-state index is 0.0895. The predicted octanol–water partition coefficient (Wildman–Crippen LogP) is 4.93. The number of aryl methyl sites for hydroxylation is 1. The molecule has 0 saturated carbocycles. The minimum atomic E-state index is -4.20. The zero-order valence-electron chi connectivity index (χ0n) is 14.1. The van der Waals surface area contributed by atoms with Gasteiger partial charge < -0.3 is 4.74 Å². The smallest absolute Gasteiger partial charge is 0.389 e. The molecule has 0 radical (unpaired) electrons. The van der Waals surface area contributed by atoms with Gasteiger partial charge in [-0.15, -0.1) is 5.10 Å². The number of ether oxygens (including phenoxy) is 1. The number of halogens is 4. The molecule has 0 N–H and O–H groups in total. The summed E-state index contributed by atoms with van der Waals surface area (Å²) in [5.74, 6) is 0.333. The largest absolute Gasteiger partial charge is 0.437 e. The van der Waals surface area contributed by atoms with Gasteiger partial charge in [0.05, 0.1) is 15.6 Å². The summed E-state index contributed by atoms with van der Waals surface area (Å²) in [4.78, 5) is 15.8. The Morgan fingerprint density at radius 3 is 2.78 bits per heavy atom. The first-order chi connectivity index (χ1) is 12.8. The quantitative estimate of drug-likeness (QED) is 0.506. The van der Waals surface area contributed by atoms with Crippen molar-refractivity contribution >= 4 is 32.7 Å². The summed E-state index contributed by atoms with van der Waals surface area (Å²) >= 11 is 3.38. The van der Waals surface area contributed by atoms with Gasteiger partial charge in [-0.2, -0.15) is 13.2 Å². The van der Waals surface area contributed by atoms with Crippen LogP contribution < -0.4 is 4.74 Å². The number of carbonyl (C=O) groups excluding carboxylic acids is 1. The van der Waals surface area contributed by atoms with Crippen LogP contribution in [0.2, 0.25) is 0 Å². The maximum atomic E-state index is 12.3. The van der Waals surface area contributed by atoms with Gasteiger partial charge in [-0.3, -0.25) is 4.79 Å². The van der Waals surface area contributed by atoms with Gasteiger partial charge in [-0.05, 0) is 53.5 Å². The first-order valence-electron chi connectivity index (χ1n) is 7.98. The number of hydrogen-bond donors (Lipinski definition) is 0. The lowest BCUT2D eigenvalue weighted by atomic mass is 10.2. The van der Waals surface area contributed by atoms with Crippen LogP contribution >= 0.6 is 15.9 Å². The van der Waals surface area contributed by atoms with Crippen molar-refractivity contribution < 1.29 is 22.7 Å². The van der Waals surface area contributed by atoms with E-state index < -0.39 is 12.6 Å². The molecule has 27 heavy (non-hydrogen) atoms. The molecule has 0 unspecified atom stereocenters. The Morgan fingerprint density at radius 2 is 2.07 bits per heavy atom. The molecule has 2 heterocycles. The highest BCUT2D eigenvalue weighted by Crippen LogP contribution is 2.35. The molecular formula is C17H14BrF3N4O2. The van der Waals surface area contributed by atoms with Gasteiger partial charge in [-0.25, -0.2) is 9.67 Å². The maximum Gasteiger partial charge on any atom is 0.389 e. The third-order valence-electron chi connectivity index (χ3n) is 3.78. The number of Topliss-reactive ketones (excluding diaryl/α,β-unsaturated/α-hetero) is 1. The Labute approximate surface area is 160 Å². The van der Waals surface area contributed by atoms with Crippen LogP contribution in [0.15, 0.2) is 34.9 Å². The zero-order chi connectivity index (χ0) is 19.6. The summed E-state index contributed by atoms with van der Waals surface area (Å²) < 4.78 is 44.6. The van der Waals surface area contributed by atoms with Crippen molar-refractivity contribution in [3.8, 4) is 11.6 Å². The van der Waals surface area contributed by atoms with Crippen molar-refractivity contribution in [3.63, 3.8) is 0 Å². The normalized spacial score (nSPS) is 11.7. The van der Waals surface area contributed by atoms with E-state index in [4.69, 9.17) is 4.74 Å². The van der Waals surface area contributed by atoms with E-state index in [1.54, 1.807) is 24.3 Å². The van der Waals surface area contributed by atoms with E-state index in [0.717, 1.165) is 0 Å². The van der Waals surface area contributed by atoms with Crippen molar-refractivity contribution in [2.45, 2.75) is 32.5 Å². The molecule has 0 fully saturated rings. The van der Waals surface area contributed by atoms with Crippen LogP contribution in [-0.2, 0) is 6.54 Å². The van der Waals surface area contributed by atoms with E-state index in [2.05, 4.69) is 31.2 Å². The Hall–Kier alpha value is -2.49. The number of ketones is 1. The molecule has 0 saturated heterocycles. The summed E-state index contributed by atoms with van der Waals surface area (Å²) in [6, 6.07) is 6.51. The molecular weight excluding hydrogens is 429 g/mol. The van der Waals surface area contributed by atoms with E-state index in [-0.39, 0.29) is 24.6 Å². The van der Waals surface area contributed by atoms with Crippen molar-refractivity contribution in [2.24, 2.45) is 0 Å². The van der Waals surface area contributed by atoms with Gasteiger partial charge >= 0.3 is 6.18 Å². The molecule has 0 aliphatic heterocycles. The third-order valence-corrected chi connectivity index (χ3v) is 4.54. The third kappa shape index (κ3) is 4.44. The fraction of sp³-hybridized carbons (Fsp3) is 0.294. The Kier molecular flexibility index (Phi) is 5.45. The molecule has 6 nitrogen and oxygen atoms in total. The summed E-state index contributed by atoms with van der Waals surface area (Å²) in [6.07, 6.45) is -3.67. The van der Waals surface area contributed by atoms with Crippen LogP contribution in [0.4, 0.5) is 13.2 Å². The molecule has 3 rings (SSSR count). The van der Waals surface area contributed by atoms with Gasteiger partial charge in [0, 0.05) is 19.2 Å². The number of fused-ring (bicyclic) bond motifs is 1. The van der Waals surface area contributed by atoms with E-state index in [1.165, 1.54) is 17.8 Å². The van der Waals surface area contributed by atoms with Crippen molar-refractivity contribution in [3.05, 3.63) is 40.5 Å². The van der Waals surface area contributed by atoms with Crippen LogP contribution in [0.5, 0.6) is 11.6 Å². The average Bonchev–Trinajstić information content (AvgIpc) is 3.00. The number of carbonyl (C=O) groups is 1. The summed E-state index contributed by atoms with van der Waals surface area (Å²) in [5.41, 5.74) is 1.35. The molecule has 0 aliphatic carbocycles. The van der Waals surface area contributed by atoms with Gasteiger partial charge in [0.25, 0.3) is 0 Å². The second kappa shape index (κ2) is 7.63. The van der Waals surface area contributed by atoms with Crippen molar-refractivity contribution in [2.75, 3.05) is 0 Å². The molecule has 2 aromatic heterocycles. The SMILES string of the molecule is CC(=O)c1cccnc1Oc1ccc2c(nnn2CCCC(F)(F)F)c1Br. The van der Waals surface area contributed by atoms with E-state index in [9.17, 15) is 18.0 Å². The molecule has 0 spiro atoms. The highest BCUT2D eigenvalue weighted by molar-refractivity contribution is 9.10. The van der Waals surface area contributed by atoms with E-state index in [1.807, 2.05) is 0 Å². The number of pyridine rings is 1. The van der Waals surface area contributed by atoms with Crippen LogP contribution in [0, 0.1) is 0 Å². The molecule has 3 aromatic rings. The molecule has 142 valence electrons. The van der Waals surface area contributed by atoms with Crippen LogP contribution in [0.25, 0.3) is 11.0 Å². The predicted molar refractivity (Wildman–Crippen MR) is 94.8 cm³/mol. The van der Waals surface area contributed by atoms with Gasteiger partial charge in [0.15, 0.2) is 5.78 Å². The zero-order valence-corrected chi connectivity index (χ0v) is 15.7. The lowest BCUT2D eigenvalue weighted by Crippen LogP contribution is -2.09. The van der Waals surface area contributed by atoms with Crippen LogP contribution in [-0.4, -0.2) is 31.9 Å². The van der Waals surface area contributed by atoms with Gasteiger partial charge in [-0.1, -0.05) is 5.21 Å². The number of alkyl halides is 3. The number of benzene rings is 1. The Morgan fingerprint density at radius 1 is 1.30 bits per heavy atom. The number of hydrogen-bond acceptors (Lipinski definition) is 5. The Bertz CT molecular complexity index is 988. The molecule has 0 aliphatic rings. The van der Waals surface area contributed by atoms with Crippen LogP contribution in [0.1, 0.15) is 30.1 Å². The second-order valence-electron chi connectivity index (χ2n) is 5.79. The van der Waals surface area contributed by atoms with Crippen LogP contribution in [0.3, 0.4) is 0 Å². The topological polar surface area (TPSA) is 69.9 Å². The minimum Gasteiger partial charge on any atom is -0.437 e. The molecule has 1 aromatic carbocycles. The first kappa shape index (κ1) is 19.3. The Balaban J connectivity index is 1.86. The van der Waals surface area contributed by atoms with Crippen molar-refractivity contribution in [1.82, 2.24) is 20.0 Å².